The number of nitrogens with one attached hydrogen (secondary N) is 2. The molecule has 0 fully saturated rings. The van der Waals surface area contributed by atoms with Crippen molar-refractivity contribution in [2.75, 3.05) is 11.9 Å². The van der Waals surface area contributed by atoms with Crippen LogP contribution in [0.1, 0.15) is 31.9 Å². The fourth-order valence-electron chi connectivity index (χ4n) is 2.13. The van der Waals surface area contributed by atoms with Gasteiger partial charge in [0.1, 0.15) is 5.75 Å². The first kappa shape index (κ1) is 17.5. The van der Waals surface area contributed by atoms with Crippen LogP contribution in [0.25, 0.3) is 0 Å². The average molecular weight is 326 g/mol. The molecule has 0 saturated heterocycles. The molecule has 0 aromatic heterocycles. The van der Waals surface area contributed by atoms with E-state index in [0.717, 1.165) is 17.7 Å². The molecule has 0 heterocycles. The summed E-state index contributed by atoms with van der Waals surface area (Å²) < 4.78 is 5.47. The Labute approximate surface area is 142 Å². The van der Waals surface area contributed by atoms with Gasteiger partial charge in [-0.05, 0) is 43.2 Å². The summed E-state index contributed by atoms with van der Waals surface area (Å²) in [6.07, 6.45) is 0.929. The van der Waals surface area contributed by atoms with E-state index in [4.69, 9.17) is 4.74 Å². The van der Waals surface area contributed by atoms with Gasteiger partial charge in [-0.25, -0.2) is 0 Å². The van der Waals surface area contributed by atoms with Gasteiger partial charge in [0, 0.05) is 5.69 Å². The Kier molecular flexibility index (Phi) is 6.37. The van der Waals surface area contributed by atoms with Crippen LogP contribution >= 0.6 is 0 Å². The van der Waals surface area contributed by atoms with Crippen LogP contribution in [0, 0.1) is 0 Å². The first-order valence-corrected chi connectivity index (χ1v) is 7.99. The third kappa shape index (κ3) is 5.12. The van der Waals surface area contributed by atoms with E-state index in [-0.39, 0.29) is 6.04 Å². The van der Waals surface area contributed by atoms with Gasteiger partial charge in [0.2, 0.25) is 0 Å². The third-order valence-corrected chi connectivity index (χ3v) is 3.44. The summed E-state index contributed by atoms with van der Waals surface area (Å²) in [5.74, 6) is -0.630. The molecule has 24 heavy (non-hydrogen) atoms. The number of anilines is 1. The highest BCUT2D eigenvalue weighted by atomic mass is 16.5. The smallest absolute Gasteiger partial charge is 0.313 e. The molecule has 2 amide bonds. The molecule has 2 aromatic rings. The van der Waals surface area contributed by atoms with Crippen molar-refractivity contribution in [2.45, 2.75) is 26.3 Å². The van der Waals surface area contributed by atoms with E-state index in [0.29, 0.717) is 12.3 Å². The molecule has 2 N–H and O–H groups in total. The predicted molar refractivity (Wildman–Crippen MR) is 93.9 cm³/mol. The lowest BCUT2D eigenvalue weighted by atomic mass is 10.1. The van der Waals surface area contributed by atoms with Gasteiger partial charge in [0.25, 0.3) is 0 Å². The van der Waals surface area contributed by atoms with Crippen LogP contribution in [0.2, 0.25) is 0 Å². The summed E-state index contributed by atoms with van der Waals surface area (Å²) in [6.45, 7) is 4.51. The Morgan fingerprint density at radius 2 is 1.67 bits per heavy atom. The van der Waals surface area contributed by atoms with E-state index in [1.165, 1.54) is 0 Å². The Morgan fingerprint density at radius 1 is 1.00 bits per heavy atom. The van der Waals surface area contributed by atoms with E-state index < -0.39 is 11.8 Å². The summed E-state index contributed by atoms with van der Waals surface area (Å²) >= 11 is 0. The molecule has 2 rings (SSSR count). The fourth-order valence-corrected chi connectivity index (χ4v) is 2.13. The zero-order chi connectivity index (χ0) is 17.4. The van der Waals surface area contributed by atoms with Gasteiger partial charge in [-0.3, -0.25) is 9.59 Å². The van der Waals surface area contributed by atoms with Crippen molar-refractivity contribution in [3.8, 4) is 5.75 Å². The molecule has 0 spiro atoms. The van der Waals surface area contributed by atoms with Crippen LogP contribution in [0.4, 0.5) is 5.69 Å². The van der Waals surface area contributed by atoms with Gasteiger partial charge in [0.05, 0.1) is 12.6 Å². The number of ether oxygens (including phenoxy) is 1. The van der Waals surface area contributed by atoms with Gasteiger partial charge in [-0.2, -0.15) is 0 Å². The second kappa shape index (κ2) is 8.72. The van der Waals surface area contributed by atoms with Crippen LogP contribution in [0.5, 0.6) is 5.75 Å². The second-order valence-electron chi connectivity index (χ2n) is 5.43. The number of benzene rings is 2. The Bertz CT molecular complexity index is 669. The van der Waals surface area contributed by atoms with Crippen molar-refractivity contribution < 1.29 is 14.3 Å². The largest absolute Gasteiger partial charge is 0.494 e. The number of carbonyl (C=O) groups is 2. The highest BCUT2D eigenvalue weighted by Crippen LogP contribution is 2.16. The quantitative estimate of drug-likeness (QED) is 0.801. The van der Waals surface area contributed by atoms with Crippen LogP contribution < -0.4 is 15.4 Å². The van der Waals surface area contributed by atoms with Gasteiger partial charge in [-0.15, -0.1) is 0 Å². The van der Waals surface area contributed by atoms with Crippen molar-refractivity contribution in [3.05, 3.63) is 60.2 Å². The molecule has 0 aliphatic rings. The van der Waals surface area contributed by atoms with Crippen molar-refractivity contribution in [2.24, 2.45) is 0 Å². The van der Waals surface area contributed by atoms with E-state index in [9.17, 15) is 9.59 Å². The van der Waals surface area contributed by atoms with Gasteiger partial charge < -0.3 is 15.4 Å². The maximum atomic E-state index is 12.0. The zero-order valence-electron chi connectivity index (χ0n) is 13.9. The number of amides is 2. The number of hydrogen-bond acceptors (Lipinski definition) is 3. The van der Waals surface area contributed by atoms with Crippen LogP contribution in [0.3, 0.4) is 0 Å². The molecular formula is C19H22N2O3. The molecule has 0 unspecified atom stereocenters. The van der Waals surface area contributed by atoms with E-state index >= 15 is 0 Å². The van der Waals surface area contributed by atoms with Crippen molar-refractivity contribution in [3.63, 3.8) is 0 Å². The molecule has 0 aliphatic heterocycles. The lowest BCUT2D eigenvalue weighted by Gasteiger charge is -2.14. The molecular weight excluding hydrogens is 304 g/mol. The van der Waals surface area contributed by atoms with Crippen molar-refractivity contribution in [1.82, 2.24) is 5.32 Å². The molecule has 2 aromatic carbocycles. The molecule has 5 heteroatoms. The summed E-state index contributed by atoms with van der Waals surface area (Å²) in [4.78, 5) is 24.0. The lowest BCUT2D eigenvalue weighted by Crippen LogP contribution is -2.36. The monoisotopic (exact) mass is 326 g/mol. The minimum absolute atomic E-state index is 0.241. The Hall–Kier alpha value is -2.82. The number of carbonyl (C=O) groups excluding carboxylic acids is 2. The van der Waals surface area contributed by atoms with Crippen molar-refractivity contribution in [1.29, 1.82) is 0 Å². The van der Waals surface area contributed by atoms with E-state index in [1.807, 2.05) is 44.2 Å². The van der Waals surface area contributed by atoms with Gasteiger partial charge >= 0.3 is 11.8 Å². The highest BCUT2D eigenvalue weighted by molar-refractivity contribution is 6.39. The minimum Gasteiger partial charge on any atom is -0.494 e. The minimum atomic E-state index is -0.694. The van der Waals surface area contributed by atoms with Crippen LogP contribution in [-0.4, -0.2) is 18.4 Å². The molecule has 0 bridgehead atoms. The molecule has 0 aliphatic carbocycles. The van der Waals surface area contributed by atoms with E-state index in [2.05, 4.69) is 10.6 Å². The topological polar surface area (TPSA) is 67.4 Å². The summed E-state index contributed by atoms with van der Waals surface area (Å²) in [5, 5.41) is 5.26. The highest BCUT2D eigenvalue weighted by Gasteiger charge is 2.17. The number of rotatable bonds is 6. The predicted octanol–water partition coefficient (Wildman–Crippen LogP) is 3.29. The maximum Gasteiger partial charge on any atom is 0.313 e. The second-order valence-corrected chi connectivity index (χ2v) is 5.43. The third-order valence-electron chi connectivity index (χ3n) is 3.44. The van der Waals surface area contributed by atoms with Gasteiger partial charge in [0.15, 0.2) is 0 Å². The first-order valence-electron chi connectivity index (χ1n) is 7.99. The molecule has 0 saturated carbocycles. The van der Waals surface area contributed by atoms with E-state index in [1.54, 1.807) is 24.3 Å². The standard InChI is InChI=1S/C19H22N2O3/c1-3-13-24-17-11-9-16(10-12-17)21-19(23)18(22)20-14(2)15-7-5-4-6-8-15/h4-12,14H,3,13H2,1-2H3,(H,20,22)(H,21,23)/t14-/m1/s1. The molecule has 5 nitrogen and oxygen atoms in total. The Morgan fingerprint density at radius 3 is 2.29 bits per heavy atom. The lowest BCUT2D eigenvalue weighted by molar-refractivity contribution is -0.136. The fraction of sp³-hybridized carbons (Fsp3) is 0.263. The normalized spacial score (nSPS) is 11.4. The molecule has 126 valence electrons. The van der Waals surface area contributed by atoms with Crippen LogP contribution in [-0.2, 0) is 9.59 Å². The van der Waals surface area contributed by atoms with Crippen molar-refractivity contribution >= 4 is 17.5 Å². The summed E-state index contributed by atoms with van der Waals surface area (Å²) in [7, 11) is 0. The van der Waals surface area contributed by atoms with Gasteiger partial charge in [-0.1, -0.05) is 37.3 Å². The molecule has 0 radical (unpaired) electrons. The Balaban J connectivity index is 1.88. The van der Waals surface area contributed by atoms with Crippen LogP contribution in [0.15, 0.2) is 54.6 Å². The molecule has 1 atom stereocenters. The average Bonchev–Trinajstić information content (AvgIpc) is 2.61. The zero-order valence-corrected chi connectivity index (χ0v) is 13.9. The number of hydrogen-bond donors (Lipinski definition) is 2. The maximum absolute atomic E-state index is 12.0. The summed E-state index contributed by atoms with van der Waals surface area (Å²) in [6, 6.07) is 16.2. The SMILES string of the molecule is CCCOc1ccc(NC(=O)C(=O)N[C@H](C)c2ccccc2)cc1. The first-order chi connectivity index (χ1) is 11.6. The summed E-state index contributed by atoms with van der Waals surface area (Å²) in [5.41, 5.74) is 1.49.